The van der Waals surface area contributed by atoms with Crippen LogP contribution in [0.2, 0.25) is 10.0 Å². The molecule has 0 aliphatic rings. The average molecular weight is 280 g/mol. The average Bonchev–Trinajstić information content (AvgIpc) is 2.36. The Kier molecular flexibility index (Phi) is 3.56. The largest absolute Gasteiger partial charge is 0.452 e. The first-order valence-electron chi connectivity index (χ1n) is 4.88. The van der Waals surface area contributed by atoms with Crippen molar-refractivity contribution in [3.63, 3.8) is 0 Å². The number of aromatic nitrogens is 1. The minimum Gasteiger partial charge on any atom is -0.452 e. The number of halogens is 2. The maximum Gasteiger partial charge on any atom is 0.163 e. The maximum absolute atomic E-state index is 8.93. The van der Waals surface area contributed by atoms with Gasteiger partial charge in [-0.25, -0.2) is 0 Å². The van der Waals surface area contributed by atoms with Crippen molar-refractivity contribution in [2.45, 2.75) is 0 Å². The third kappa shape index (κ3) is 2.48. The molecule has 0 aliphatic heterocycles. The van der Waals surface area contributed by atoms with Gasteiger partial charge in [0, 0.05) is 12.3 Å². The molecule has 0 atom stereocenters. The molecular formula is C12H7Cl2N3O. The van der Waals surface area contributed by atoms with Crippen molar-refractivity contribution >= 4 is 28.9 Å². The smallest absolute Gasteiger partial charge is 0.163 e. The molecule has 0 saturated heterocycles. The van der Waals surface area contributed by atoms with Crippen LogP contribution in [-0.2, 0) is 0 Å². The lowest BCUT2D eigenvalue weighted by Crippen LogP contribution is -1.94. The van der Waals surface area contributed by atoms with Crippen molar-refractivity contribution in [1.29, 1.82) is 5.26 Å². The SMILES string of the molecule is N#Cc1ccncc1Oc1cc(Cl)c(Cl)cc1N. The van der Waals surface area contributed by atoms with E-state index in [1.165, 1.54) is 24.5 Å². The van der Waals surface area contributed by atoms with Gasteiger partial charge in [0.25, 0.3) is 0 Å². The highest BCUT2D eigenvalue weighted by molar-refractivity contribution is 6.42. The highest BCUT2D eigenvalue weighted by Gasteiger charge is 2.10. The first kappa shape index (κ1) is 12.5. The van der Waals surface area contributed by atoms with Gasteiger partial charge >= 0.3 is 0 Å². The number of hydrogen-bond donors (Lipinski definition) is 1. The number of nitrogens with zero attached hydrogens (tertiary/aromatic N) is 2. The minimum absolute atomic E-state index is 0.310. The summed E-state index contributed by atoms with van der Waals surface area (Å²) in [7, 11) is 0. The van der Waals surface area contributed by atoms with Crippen molar-refractivity contribution in [1.82, 2.24) is 4.98 Å². The molecule has 18 heavy (non-hydrogen) atoms. The Bertz CT molecular complexity index is 638. The molecule has 0 saturated carbocycles. The van der Waals surface area contributed by atoms with Crippen LogP contribution in [0.3, 0.4) is 0 Å². The molecule has 90 valence electrons. The first-order valence-corrected chi connectivity index (χ1v) is 5.64. The summed E-state index contributed by atoms with van der Waals surface area (Å²) in [5, 5.41) is 9.59. The fourth-order valence-electron chi connectivity index (χ4n) is 1.30. The molecule has 0 spiro atoms. The van der Waals surface area contributed by atoms with Crippen LogP contribution in [0.5, 0.6) is 11.5 Å². The van der Waals surface area contributed by atoms with Gasteiger partial charge in [0.05, 0.1) is 27.5 Å². The Labute approximate surface area is 114 Å². The van der Waals surface area contributed by atoms with Crippen LogP contribution in [0.25, 0.3) is 0 Å². The number of nitrogens with two attached hydrogens (primary N) is 1. The van der Waals surface area contributed by atoms with E-state index in [1.807, 2.05) is 6.07 Å². The highest BCUT2D eigenvalue weighted by atomic mass is 35.5. The second kappa shape index (κ2) is 5.13. The normalized spacial score (nSPS) is 9.83. The van der Waals surface area contributed by atoms with E-state index in [9.17, 15) is 0 Å². The third-order valence-corrected chi connectivity index (χ3v) is 2.90. The number of anilines is 1. The van der Waals surface area contributed by atoms with Crippen LogP contribution in [0.4, 0.5) is 5.69 Å². The Morgan fingerprint density at radius 2 is 1.94 bits per heavy atom. The molecule has 1 heterocycles. The van der Waals surface area contributed by atoms with Gasteiger partial charge < -0.3 is 10.5 Å². The van der Waals surface area contributed by atoms with Gasteiger partial charge in [0.2, 0.25) is 0 Å². The van der Waals surface area contributed by atoms with E-state index in [0.29, 0.717) is 32.8 Å². The van der Waals surface area contributed by atoms with Gasteiger partial charge in [-0.1, -0.05) is 23.2 Å². The topological polar surface area (TPSA) is 71.9 Å². The summed E-state index contributed by atoms with van der Waals surface area (Å²) in [6, 6.07) is 6.52. The first-order chi connectivity index (χ1) is 8.61. The number of pyridine rings is 1. The molecule has 2 N–H and O–H groups in total. The van der Waals surface area contributed by atoms with Gasteiger partial charge in [-0.3, -0.25) is 4.98 Å². The van der Waals surface area contributed by atoms with E-state index >= 15 is 0 Å². The molecule has 0 amide bonds. The van der Waals surface area contributed by atoms with Gasteiger partial charge in [0.1, 0.15) is 6.07 Å². The third-order valence-electron chi connectivity index (χ3n) is 2.18. The van der Waals surface area contributed by atoms with Gasteiger partial charge in [-0.15, -0.1) is 0 Å². The molecule has 4 nitrogen and oxygen atoms in total. The van der Waals surface area contributed by atoms with Crippen LogP contribution in [0.15, 0.2) is 30.6 Å². The number of rotatable bonds is 2. The predicted molar refractivity (Wildman–Crippen MR) is 69.9 cm³/mol. The zero-order valence-electron chi connectivity index (χ0n) is 9.02. The van der Waals surface area contributed by atoms with Crippen LogP contribution in [-0.4, -0.2) is 4.98 Å². The van der Waals surface area contributed by atoms with Crippen LogP contribution in [0, 0.1) is 11.3 Å². The van der Waals surface area contributed by atoms with E-state index in [4.69, 9.17) is 38.9 Å². The zero-order valence-corrected chi connectivity index (χ0v) is 10.5. The lowest BCUT2D eigenvalue weighted by Gasteiger charge is -2.10. The molecule has 2 aromatic rings. The lowest BCUT2D eigenvalue weighted by molar-refractivity contribution is 0.481. The van der Waals surface area contributed by atoms with E-state index in [0.717, 1.165) is 0 Å². The molecule has 0 unspecified atom stereocenters. The van der Waals surface area contributed by atoms with E-state index in [1.54, 1.807) is 6.07 Å². The zero-order chi connectivity index (χ0) is 13.1. The standard InChI is InChI=1S/C12H7Cl2N3O/c13-8-3-10(16)11(4-9(8)14)18-12-6-17-2-1-7(12)5-15/h1-4,6H,16H2. The molecule has 1 aromatic carbocycles. The Hall–Kier alpha value is -1.96. The van der Waals surface area contributed by atoms with Crippen molar-refractivity contribution in [2.75, 3.05) is 5.73 Å². The van der Waals surface area contributed by atoms with Gasteiger partial charge in [-0.05, 0) is 12.1 Å². The van der Waals surface area contributed by atoms with Crippen LogP contribution in [0.1, 0.15) is 5.56 Å². The predicted octanol–water partition coefficient (Wildman–Crippen LogP) is 3.63. The summed E-state index contributed by atoms with van der Waals surface area (Å²) in [6.07, 6.45) is 2.93. The molecule has 6 heteroatoms. The van der Waals surface area contributed by atoms with E-state index < -0.39 is 0 Å². The van der Waals surface area contributed by atoms with E-state index in [-0.39, 0.29) is 0 Å². The summed E-state index contributed by atoms with van der Waals surface area (Å²) in [5.41, 5.74) is 6.45. The highest BCUT2D eigenvalue weighted by Crippen LogP contribution is 2.35. The summed E-state index contributed by atoms with van der Waals surface area (Å²) < 4.78 is 5.51. The molecule has 0 radical (unpaired) electrons. The molecule has 2 rings (SSSR count). The number of ether oxygens (including phenoxy) is 1. The van der Waals surface area contributed by atoms with Crippen molar-refractivity contribution in [3.05, 3.63) is 46.2 Å². The Morgan fingerprint density at radius 3 is 2.67 bits per heavy atom. The molecule has 0 bridgehead atoms. The fraction of sp³-hybridized carbons (Fsp3) is 0. The number of hydrogen-bond acceptors (Lipinski definition) is 4. The lowest BCUT2D eigenvalue weighted by atomic mass is 10.2. The van der Waals surface area contributed by atoms with Crippen LogP contribution >= 0.6 is 23.2 Å². The molecule has 1 aromatic heterocycles. The summed E-state index contributed by atoms with van der Waals surface area (Å²) in [6.45, 7) is 0. The van der Waals surface area contributed by atoms with E-state index in [2.05, 4.69) is 4.98 Å². The number of nitriles is 1. The summed E-state index contributed by atoms with van der Waals surface area (Å²) >= 11 is 11.7. The Balaban J connectivity index is 2.41. The van der Waals surface area contributed by atoms with Gasteiger partial charge in [0.15, 0.2) is 11.5 Å². The Morgan fingerprint density at radius 1 is 1.22 bits per heavy atom. The summed E-state index contributed by atoms with van der Waals surface area (Å²) in [5.74, 6) is 0.638. The molecule has 0 aliphatic carbocycles. The molecular weight excluding hydrogens is 273 g/mol. The van der Waals surface area contributed by atoms with Crippen molar-refractivity contribution < 1.29 is 4.74 Å². The fourth-order valence-corrected chi connectivity index (χ4v) is 1.63. The second-order valence-electron chi connectivity index (χ2n) is 3.39. The monoisotopic (exact) mass is 279 g/mol. The van der Waals surface area contributed by atoms with Crippen molar-refractivity contribution in [2.24, 2.45) is 0 Å². The quantitative estimate of drug-likeness (QED) is 0.852. The number of nitrogen functional groups attached to an aromatic ring is 1. The summed E-state index contributed by atoms with van der Waals surface area (Å²) in [4.78, 5) is 3.88. The second-order valence-corrected chi connectivity index (χ2v) is 4.20. The minimum atomic E-state index is 0.310. The van der Waals surface area contributed by atoms with Crippen molar-refractivity contribution in [3.8, 4) is 17.6 Å². The maximum atomic E-state index is 8.93. The number of benzene rings is 1. The van der Waals surface area contributed by atoms with Crippen LogP contribution < -0.4 is 10.5 Å². The molecule has 0 fully saturated rings. The van der Waals surface area contributed by atoms with Gasteiger partial charge in [-0.2, -0.15) is 5.26 Å².